The van der Waals surface area contributed by atoms with Crippen molar-refractivity contribution in [1.29, 1.82) is 0 Å². The molecule has 1 unspecified atom stereocenters. The second kappa shape index (κ2) is 8.32. The largest absolute Gasteiger partial charge is 0.356 e. The molecule has 0 aromatic carbocycles. The second-order valence-electron chi connectivity index (χ2n) is 7.75. The van der Waals surface area contributed by atoms with E-state index in [-0.39, 0.29) is 0 Å². The SMILES string of the molecule is c1cc(N2CCCCCC2)nc(NC2CCN(C3CCNCC3)C2)n1. The Balaban J connectivity index is 1.34. The van der Waals surface area contributed by atoms with Crippen molar-refractivity contribution < 1.29 is 0 Å². The van der Waals surface area contributed by atoms with E-state index >= 15 is 0 Å². The Bertz CT molecular complexity index is 536. The average Bonchev–Trinajstić information content (AvgIpc) is 2.95. The summed E-state index contributed by atoms with van der Waals surface area (Å²) in [4.78, 5) is 14.4. The number of piperidine rings is 1. The number of hydrogen-bond donors (Lipinski definition) is 2. The van der Waals surface area contributed by atoms with Crippen molar-refractivity contribution >= 4 is 11.8 Å². The maximum Gasteiger partial charge on any atom is 0.224 e. The molecule has 0 amide bonds. The monoisotopic (exact) mass is 344 g/mol. The molecule has 3 aliphatic rings. The van der Waals surface area contributed by atoms with Crippen molar-refractivity contribution in [3.8, 4) is 0 Å². The van der Waals surface area contributed by atoms with Crippen LogP contribution in [0.3, 0.4) is 0 Å². The minimum Gasteiger partial charge on any atom is -0.356 e. The standard InChI is InChI=1S/C19H32N6/c1-2-4-13-24(12-3-1)18-7-11-21-19(23-18)22-16-8-14-25(15-16)17-5-9-20-10-6-17/h7,11,16-17,20H,1-6,8-10,12-15H2,(H,21,22,23). The summed E-state index contributed by atoms with van der Waals surface area (Å²) in [6, 6.07) is 3.30. The van der Waals surface area contributed by atoms with Gasteiger partial charge in [0.25, 0.3) is 0 Å². The molecule has 0 radical (unpaired) electrons. The van der Waals surface area contributed by atoms with Crippen molar-refractivity contribution in [2.24, 2.45) is 0 Å². The molecule has 1 aromatic rings. The molecule has 138 valence electrons. The maximum atomic E-state index is 4.81. The summed E-state index contributed by atoms with van der Waals surface area (Å²) in [6.07, 6.45) is 10.9. The molecule has 4 heterocycles. The van der Waals surface area contributed by atoms with Crippen LogP contribution in [-0.4, -0.2) is 66.2 Å². The predicted octanol–water partition coefficient (Wildman–Crippen LogP) is 2.10. The summed E-state index contributed by atoms with van der Waals surface area (Å²) >= 11 is 0. The minimum atomic E-state index is 0.481. The van der Waals surface area contributed by atoms with Crippen LogP contribution in [0.25, 0.3) is 0 Å². The van der Waals surface area contributed by atoms with Gasteiger partial charge < -0.3 is 15.5 Å². The van der Waals surface area contributed by atoms with E-state index in [0.29, 0.717) is 6.04 Å². The van der Waals surface area contributed by atoms with Crippen molar-refractivity contribution in [1.82, 2.24) is 20.2 Å². The lowest BCUT2D eigenvalue weighted by Gasteiger charge is -2.31. The van der Waals surface area contributed by atoms with Crippen LogP contribution in [-0.2, 0) is 0 Å². The number of rotatable bonds is 4. The van der Waals surface area contributed by atoms with Crippen LogP contribution in [0.1, 0.15) is 44.9 Å². The van der Waals surface area contributed by atoms with Gasteiger partial charge in [-0.25, -0.2) is 4.98 Å². The van der Waals surface area contributed by atoms with Crippen LogP contribution in [0.15, 0.2) is 12.3 Å². The Hall–Kier alpha value is -1.40. The normalized spacial score (nSPS) is 26.6. The summed E-state index contributed by atoms with van der Waals surface area (Å²) in [5, 5.41) is 7.06. The Morgan fingerprint density at radius 3 is 2.60 bits per heavy atom. The minimum absolute atomic E-state index is 0.481. The summed E-state index contributed by atoms with van der Waals surface area (Å²) in [5.74, 6) is 1.89. The van der Waals surface area contributed by atoms with Crippen LogP contribution in [0.4, 0.5) is 11.8 Å². The molecule has 3 saturated heterocycles. The number of likely N-dealkylation sites (tertiary alicyclic amines) is 1. The fourth-order valence-electron chi connectivity index (χ4n) is 4.49. The molecule has 6 nitrogen and oxygen atoms in total. The molecule has 3 aliphatic heterocycles. The van der Waals surface area contributed by atoms with Crippen LogP contribution in [0, 0.1) is 0 Å². The number of aromatic nitrogens is 2. The van der Waals surface area contributed by atoms with Crippen LogP contribution < -0.4 is 15.5 Å². The van der Waals surface area contributed by atoms with Gasteiger partial charge in [0.1, 0.15) is 5.82 Å². The van der Waals surface area contributed by atoms with Crippen LogP contribution in [0.2, 0.25) is 0 Å². The lowest BCUT2D eigenvalue weighted by Crippen LogP contribution is -2.42. The molecular weight excluding hydrogens is 312 g/mol. The molecule has 0 aliphatic carbocycles. The number of hydrogen-bond acceptors (Lipinski definition) is 6. The fraction of sp³-hybridized carbons (Fsp3) is 0.789. The lowest BCUT2D eigenvalue weighted by molar-refractivity contribution is 0.197. The molecule has 0 spiro atoms. The number of anilines is 2. The van der Waals surface area contributed by atoms with Crippen LogP contribution >= 0.6 is 0 Å². The fourth-order valence-corrected chi connectivity index (χ4v) is 4.49. The van der Waals surface area contributed by atoms with E-state index in [9.17, 15) is 0 Å². The van der Waals surface area contributed by atoms with Crippen molar-refractivity contribution in [3.63, 3.8) is 0 Å². The molecule has 1 aromatic heterocycles. The predicted molar refractivity (Wildman–Crippen MR) is 102 cm³/mol. The third kappa shape index (κ3) is 4.42. The highest BCUT2D eigenvalue weighted by Gasteiger charge is 2.29. The van der Waals surface area contributed by atoms with E-state index in [0.717, 1.165) is 37.4 Å². The number of nitrogens with one attached hydrogen (secondary N) is 2. The Morgan fingerprint density at radius 2 is 1.80 bits per heavy atom. The third-order valence-electron chi connectivity index (χ3n) is 5.95. The zero-order valence-corrected chi connectivity index (χ0v) is 15.3. The highest BCUT2D eigenvalue weighted by atomic mass is 15.3. The zero-order valence-electron chi connectivity index (χ0n) is 15.3. The molecular formula is C19H32N6. The Kier molecular flexibility index (Phi) is 5.67. The molecule has 0 bridgehead atoms. The zero-order chi connectivity index (χ0) is 16.9. The summed E-state index contributed by atoms with van der Waals surface area (Å²) in [6.45, 7) is 6.92. The first kappa shape index (κ1) is 17.0. The highest BCUT2D eigenvalue weighted by molar-refractivity contribution is 5.43. The maximum absolute atomic E-state index is 4.81. The first-order valence-electron chi connectivity index (χ1n) is 10.2. The average molecular weight is 345 g/mol. The smallest absolute Gasteiger partial charge is 0.224 e. The van der Waals surface area contributed by atoms with Crippen molar-refractivity contribution in [3.05, 3.63) is 12.3 Å². The van der Waals surface area contributed by atoms with E-state index in [1.807, 2.05) is 6.20 Å². The third-order valence-corrected chi connectivity index (χ3v) is 5.95. The second-order valence-corrected chi connectivity index (χ2v) is 7.75. The highest BCUT2D eigenvalue weighted by Crippen LogP contribution is 2.22. The van der Waals surface area contributed by atoms with Crippen molar-refractivity contribution in [2.45, 2.75) is 57.0 Å². The van der Waals surface area contributed by atoms with Gasteiger partial charge >= 0.3 is 0 Å². The molecule has 3 fully saturated rings. The van der Waals surface area contributed by atoms with E-state index in [4.69, 9.17) is 4.98 Å². The molecule has 25 heavy (non-hydrogen) atoms. The van der Waals surface area contributed by atoms with E-state index in [1.54, 1.807) is 0 Å². The number of nitrogens with zero attached hydrogens (tertiary/aromatic N) is 4. The first-order chi connectivity index (χ1) is 12.4. The Morgan fingerprint density at radius 1 is 1.00 bits per heavy atom. The summed E-state index contributed by atoms with van der Waals surface area (Å²) < 4.78 is 0. The van der Waals surface area contributed by atoms with Gasteiger partial charge in [0.2, 0.25) is 5.95 Å². The van der Waals surface area contributed by atoms with E-state index < -0.39 is 0 Å². The quantitative estimate of drug-likeness (QED) is 0.872. The molecule has 4 rings (SSSR count). The first-order valence-corrected chi connectivity index (χ1v) is 10.2. The molecule has 0 saturated carbocycles. The summed E-state index contributed by atoms with van der Waals surface area (Å²) in [7, 11) is 0. The topological polar surface area (TPSA) is 56.3 Å². The Labute approximate surface area is 151 Å². The molecule has 1 atom stereocenters. The van der Waals surface area contributed by atoms with Crippen molar-refractivity contribution in [2.75, 3.05) is 49.5 Å². The van der Waals surface area contributed by atoms with Crippen LogP contribution in [0.5, 0.6) is 0 Å². The molecule has 6 heteroatoms. The van der Waals surface area contributed by atoms with Gasteiger partial charge in [0.15, 0.2) is 0 Å². The van der Waals surface area contributed by atoms with Gasteiger partial charge in [0, 0.05) is 44.5 Å². The molecule has 2 N–H and O–H groups in total. The lowest BCUT2D eigenvalue weighted by atomic mass is 10.1. The van der Waals surface area contributed by atoms with Gasteiger partial charge in [-0.2, -0.15) is 4.98 Å². The van der Waals surface area contributed by atoms with Gasteiger partial charge in [-0.3, -0.25) is 4.90 Å². The van der Waals surface area contributed by atoms with Gasteiger partial charge in [-0.1, -0.05) is 12.8 Å². The van der Waals surface area contributed by atoms with Gasteiger partial charge in [-0.05, 0) is 51.3 Å². The van der Waals surface area contributed by atoms with Gasteiger partial charge in [0.05, 0.1) is 0 Å². The van der Waals surface area contributed by atoms with Gasteiger partial charge in [-0.15, -0.1) is 0 Å². The summed E-state index contributed by atoms with van der Waals surface area (Å²) in [5.41, 5.74) is 0. The van der Waals surface area contributed by atoms with E-state index in [2.05, 4.69) is 31.5 Å². The van der Waals surface area contributed by atoms with E-state index in [1.165, 1.54) is 64.6 Å².